The van der Waals surface area contributed by atoms with Crippen LogP contribution < -0.4 is 10.9 Å². The van der Waals surface area contributed by atoms with Gasteiger partial charge in [0.25, 0.3) is 5.56 Å². The highest BCUT2D eigenvalue weighted by Crippen LogP contribution is 2.38. The Kier molecular flexibility index (Phi) is 4.17. The summed E-state index contributed by atoms with van der Waals surface area (Å²) in [6.45, 7) is 6.29. The van der Waals surface area contributed by atoms with Crippen LogP contribution in [0.2, 0.25) is 0 Å². The van der Waals surface area contributed by atoms with Gasteiger partial charge in [0.2, 0.25) is 0 Å². The van der Waals surface area contributed by atoms with Gasteiger partial charge >= 0.3 is 0 Å². The molecule has 1 aliphatic heterocycles. The molecule has 5 heteroatoms. The number of piperazine rings is 1. The SMILES string of the molecule is CCCC(c1nc(C2CC2)cc(=O)[nH]1)N1CCNCC1. The smallest absolute Gasteiger partial charge is 0.251 e. The van der Waals surface area contributed by atoms with E-state index in [4.69, 9.17) is 4.98 Å². The molecule has 0 radical (unpaired) electrons. The molecule has 1 saturated heterocycles. The number of aromatic nitrogens is 2. The fourth-order valence-corrected chi connectivity index (χ4v) is 3.00. The minimum atomic E-state index is 0.00753. The maximum absolute atomic E-state index is 11.9. The van der Waals surface area contributed by atoms with Crippen LogP contribution >= 0.6 is 0 Å². The van der Waals surface area contributed by atoms with Crippen molar-refractivity contribution in [3.63, 3.8) is 0 Å². The molecule has 0 bridgehead atoms. The molecule has 1 aliphatic carbocycles. The third-order valence-electron chi connectivity index (χ3n) is 4.25. The molecule has 0 spiro atoms. The van der Waals surface area contributed by atoms with Gasteiger partial charge in [-0.1, -0.05) is 13.3 Å². The van der Waals surface area contributed by atoms with Gasteiger partial charge in [-0.25, -0.2) is 4.98 Å². The average molecular weight is 276 g/mol. The third-order valence-corrected chi connectivity index (χ3v) is 4.25. The number of nitrogens with zero attached hydrogens (tertiary/aromatic N) is 2. The molecule has 2 N–H and O–H groups in total. The predicted octanol–water partition coefficient (Wildman–Crippen LogP) is 1.39. The molecular weight excluding hydrogens is 252 g/mol. The monoisotopic (exact) mass is 276 g/mol. The Balaban J connectivity index is 1.87. The highest BCUT2D eigenvalue weighted by molar-refractivity contribution is 5.15. The second kappa shape index (κ2) is 6.06. The van der Waals surface area contributed by atoms with Crippen molar-refractivity contribution in [2.75, 3.05) is 26.2 Å². The Bertz CT molecular complexity index is 503. The van der Waals surface area contributed by atoms with Gasteiger partial charge in [0.15, 0.2) is 0 Å². The summed E-state index contributed by atoms with van der Waals surface area (Å²) in [7, 11) is 0. The Hall–Kier alpha value is -1.20. The number of H-pyrrole nitrogens is 1. The Morgan fingerprint density at radius 2 is 2.15 bits per heavy atom. The van der Waals surface area contributed by atoms with Crippen molar-refractivity contribution in [2.24, 2.45) is 0 Å². The first kappa shape index (κ1) is 13.8. The lowest BCUT2D eigenvalue weighted by Gasteiger charge is -2.34. The standard InChI is InChI=1S/C15H24N4O/c1-2-3-13(19-8-6-16-7-9-19)15-17-12(11-4-5-11)10-14(20)18-15/h10-11,13,16H,2-9H2,1H3,(H,17,18,20). The van der Waals surface area contributed by atoms with E-state index in [1.165, 1.54) is 12.8 Å². The molecule has 1 saturated carbocycles. The van der Waals surface area contributed by atoms with Crippen molar-refractivity contribution in [1.82, 2.24) is 20.2 Å². The van der Waals surface area contributed by atoms with Gasteiger partial charge in [-0.2, -0.15) is 0 Å². The first-order chi connectivity index (χ1) is 9.78. The van der Waals surface area contributed by atoms with Crippen LogP contribution in [-0.2, 0) is 0 Å². The molecule has 2 fully saturated rings. The van der Waals surface area contributed by atoms with Crippen molar-refractivity contribution in [1.29, 1.82) is 0 Å². The summed E-state index contributed by atoms with van der Waals surface area (Å²) >= 11 is 0. The molecular formula is C15H24N4O. The van der Waals surface area contributed by atoms with E-state index < -0.39 is 0 Å². The van der Waals surface area contributed by atoms with Gasteiger partial charge in [0.05, 0.1) is 11.7 Å². The van der Waals surface area contributed by atoms with Crippen molar-refractivity contribution >= 4 is 0 Å². The van der Waals surface area contributed by atoms with Crippen molar-refractivity contribution < 1.29 is 0 Å². The average Bonchev–Trinajstić information content (AvgIpc) is 3.29. The van der Waals surface area contributed by atoms with Gasteiger partial charge in [0, 0.05) is 38.2 Å². The van der Waals surface area contributed by atoms with E-state index in [0.717, 1.165) is 50.5 Å². The van der Waals surface area contributed by atoms with Crippen molar-refractivity contribution in [3.8, 4) is 0 Å². The van der Waals surface area contributed by atoms with Crippen LogP contribution in [0.3, 0.4) is 0 Å². The molecule has 1 aromatic heterocycles. The predicted molar refractivity (Wildman–Crippen MR) is 78.9 cm³/mol. The Morgan fingerprint density at radius 3 is 2.80 bits per heavy atom. The summed E-state index contributed by atoms with van der Waals surface area (Å²) in [6, 6.07) is 1.94. The summed E-state index contributed by atoms with van der Waals surface area (Å²) in [5.74, 6) is 1.41. The van der Waals surface area contributed by atoms with Gasteiger partial charge in [-0.3, -0.25) is 9.69 Å². The van der Waals surface area contributed by atoms with E-state index >= 15 is 0 Å². The quantitative estimate of drug-likeness (QED) is 0.853. The normalized spacial score (nSPS) is 21.9. The van der Waals surface area contributed by atoms with Gasteiger partial charge in [-0.15, -0.1) is 0 Å². The van der Waals surface area contributed by atoms with Crippen LogP contribution in [0.15, 0.2) is 10.9 Å². The summed E-state index contributed by atoms with van der Waals surface area (Å²) in [6.07, 6.45) is 4.52. The van der Waals surface area contributed by atoms with E-state index in [1.54, 1.807) is 6.07 Å². The van der Waals surface area contributed by atoms with Crippen LogP contribution in [0, 0.1) is 0 Å². The van der Waals surface area contributed by atoms with Crippen molar-refractivity contribution in [2.45, 2.75) is 44.6 Å². The first-order valence-corrected chi connectivity index (χ1v) is 7.84. The topological polar surface area (TPSA) is 61.0 Å². The maximum Gasteiger partial charge on any atom is 0.251 e. The number of nitrogens with one attached hydrogen (secondary N) is 2. The number of hydrogen-bond donors (Lipinski definition) is 2. The number of rotatable bonds is 5. The molecule has 2 heterocycles. The second-order valence-corrected chi connectivity index (χ2v) is 5.92. The highest BCUT2D eigenvalue weighted by Gasteiger charge is 2.28. The van der Waals surface area contributed by atoms with Crippen molar-refractivity contribution in [3.05, 3.63) is 27.9 Å². The molecule has 0 amide bonds. The van der Waals surface area contributed by atoms with Gasteiger partial charge < -0.3 is 10.3 Å². The fraction of sp³-hybridized carbons (Fsp3) is 0.733. The lowest BCUT2D eigenvalue weighted by atomic mass is 10.1. The summed E-state index contributed by atoms with van der Waals surface area (Å²) in [4.78, 5) is 22.1. The summed E-state index contributed by atoms with van der Waals surface area (Å²) in [5.41, 5.74) is 1.01. The van der Waals surface area contributed by atoms with Crippen LogP contribution in [-0.4, -0.2) is 41.0 Å². The Morgan fingerprint density at radius 1 is 1.40 bits per heavy atom. The zero-order chi connectivity index (χ0) is 13.9. The maximum atomic E-state index is 11.9. The number of aromatic amines is 1. The van der Waals surface area contributed by atoms with Crippen LogP contribution in [0.25, 0.3) is 0 Å². The molecule has 1 atom stereocenters. The van der Waals surface area contributed by atoms with E-state index in [0.29, 0.717) is 5.92 Å². The highest BCUT2D eigenvalue weighted by atomic mass is 16.1. The molecule has 3 rings (SSSR count). The molecule has 1 unspecified atom stereocenters. The first-order valence-electron chi connectivity index (χ1n) is 7.84. The van der Waals surface area contributed by atoms with Crippen LogP contribution in [0.1, 0.15) is 56.1 Å². The number of hydrogen-bond acceptors (Lipinski definition) is 4. The zero-order valence-electron chi connectivity index (χ0n) is 12.2. The van der Waals surface area contributed by atoms with E-state index in [9.17, 15) is 4.79 Å². The van der Waals surface area contributed by atoms with Crippen LogP contribution in [0.5, 0.6) is 0 Å². The molecule has 5 nitrogen and oxygen atoms in total. The lowest BCUT2D eigenvalue weighted by molar-refractivity contribution is 0.157. The fourth-order valence-electron chi connectivity index (χ4n) is 3.00. The molecule has 1 aromatic rings. The van der Waals surface area contributed by atoms with E-state index in [2.05, 4.69) is 22.1 Å². The van der Waals surface area contributed by atoms with Gasteiger partial charge in [-0.05, 0) is 19.3 Å². The molecule has 20 heavy (non-hydrogen) atoms. The zero-order valence-corrected chi connectivity index (χ0v) is 12.2. The molecule has 110 valence electrons. The minimum absolute atomic E-state index is 0.00753. The third kappa shape index (κ3) is 3.10. The second-order valence-electron chi connectivity index (χ2n) is 5.92. The van der Waals surface area contributed by atoms with E-state index in [1.807, 2.05) is 0 Å². The summed E-state index contributed by atoms with van der Waals surface area (Å²) in [5, 5.41) is 3.38. The largest absolute Gasteiger partial charge is 0.314 e. The molecule has 0 aromatic carbocycles. The van der Waals surface area contributed by atoms with Crippen LogP contribution in [0.4, 0.5) is 0 Å². The van der Waals surface area contributed by atoms with E-state index in [-0.39, 0.29) is 11.6 Å². The summed E-state index contributed by atoms with van der Waals surface area (Å²) < 4.78 is 0. The minimum Gasteiger partial charge on any atom is -0.314 e. The lowest BCUT2D eigenvalue weighted by Crippen LogP contribution is -2.45. The van der Waals surface area contributed by atoms with Gasteiger partial charge in [0.1, 0.15) is 5.82 Å². The molecule has 2 aliphatic rings. The Labute approximate surface area is 119 Å².